The molecule has 1 aromatic rings. The van der Waals surface area contributed by atoms with Crippen molar-refractivity contribution >= 4 is 27.5 Å². The third-order valence-electron chi connectivity index (χ3n) is 3.71. The molecule has 0 radical (unpaired) electrons. The number of hydrogen-bond acceptors (Lipinski definition) is 4. The van der Waals surface area contributed by atoms with Gasteiger partial charge < -0.3 is 10.6 Å². The molecular formula is C15H21N3O4S. The van der Waals surface area contributed by atoms with Crippen LogP contribution in [0.4, 0.5) is 5.69 Å². The largest absolute Gasteiger partial charge is 0.350 e. The zero-order valence-electron chi connectivity index (χ0n) is 13.2. The molecule has 1 unspecified atom stereocenters. The maximum Gasteiger partial charge on any atom is 0.251 e. The van der Waals surface area contributed by atoms with Crippen molar-refractivity contribution < 1.29 is 18.0 Å². The lowest BCUT2D eigenvalue weighted by Crippen LogP contribution is -2.42. The first-order valence-electron chi connectivity index (χ1n) is 7.40. The van der Waals surface area contributed by atoms with Crippen molar-refractivity contribution in [2.45, 2.75) is 25.8 Å². The lowest BCUT2D eigenvalue weighted by Gasteiger charge is -2.22. The second-order valence-electron chi connectivity index (χ2n) is 5.64. The summed E-state index contributed by atoms with van der Waals surface area (Å²) < 4.78 is 24.8. The molecule has 2 rings (SSSR count). The molecule has 0 bridgehead atoms. The fourth-order valence-corrected chi connectivity index (χ4v) is 3.85. The lowest BCUT2D eigenvalue weighted by atomic mass is 10.1. The number of anilines is 1. The smallest absolute Gasteiger partial charge is 0.251 e. The summed E-state index contributed by atoms with van der Waals surface area (Å²) >= 11 is 0. The first-order valence-corrected chi connectivity index (χ1v) is 9.25. The molecule has 2 amide bonds. The van der Waals surface area contributed by atoms with E-state index in [1.54, 1.807) is 24.3 Å². The highest BCUT2D eigenvalue weighted by atomic mass is 32.2. The quantitative estimate of drug-likeness (QED) is 0.829. The highest BCUT2D eigenvalue weighted by molar-refractivity contribution is 7.88. The molecule has 1 aromatic carbocycles. The van der Waals surface area contributed by atoms with Crippen LogP contribution in [0.25, 0.3) is 0 Å². The van der Waals surface area contributed by atoms with Crippen LogP contribution < -0.4 is 10.6 Å². The minimum absolute atomic E-state index is 0.177. The highest BCUT2D eigenvalue weighted by Gasteiger charge is 2.31. The van der Waals surface area contributed by atoms with Gasteiger partial charge in [0, 0.05) is 37.3 Å². The van der Waals surface area contributed by atoms with Crippen molar-refractivity contribution in [1.82, 2.24) is 9.62 Å². The molecule has 0 aromatic heterocycles. The van der Waals surface area contributed by atoms with Gasteiger partial charge in [-0.1, -0.05) is 0 Å². The second kappa shape index (κ2) is 7.10. The highest BCUT2D eigenvalue weighted by Crippen LogP contribution is 2.19. The second-order valence-corrected chi connectivity index (χ2v) is 7.57. The van der Waals surface area contributed by atoms with Gasteiger partial charge in [-0.15, -0.1) is 0 Å². The predicted octanol–water partition coefficient (Wildman–Crippen LogP) is 0.799. The van der Waals surface area contributed by atoms with Crippen LogP contribution in [0, 0.1) is 0 Å². The Hall–Kier alpha value is -1.93. The van der Waals surface area contributed by atoms with Crippen molar-refractivity contribution in [3.05, 3.63) is 29.8 Å². The Morgan fingerprint density at radius 2 is 1.91 bits per heavy atom. The van der Waals surface area contributed by atoms with Crippen LogP contribution in [0.5, 0.6) is 0 Å². The molecule has 1 fully saturated rings. The van der Waals surface area contributed by atoms with Crippen LogP contribution in [-0.2, 0) is 14.8 Å². The van der Waals surface area contributed by atoms with Crippen LogP contribution in [0.2, 0.25) is 0 Å². The molecule has 0 spiro atoms. The van der Waals surface area contributed by atoms with Gasteiger partial charge in [0.15, 0.2) is 0 Å². The number of sulfonamides is 1. The topological polar surface area (TPSA) is 95.6 Å². The summed E-state index contributed by atoms with van der Waals surface area (Å²) in [7, 11) is -3.24. The van der Waals surface area contributed by atoms with Crippen LogP contribution >= 0.6 is 0 Å². The molecule has 23 heavy (non-hydrogen) atoms. The van der Waals surface area contributed by atoms with Crippen molar-refractivity contribution in [2.75, 3.05) is 24.7 Å². The van der Waals surface area contributed by atoms with E-state index < -0.39 is 10.0 Å². The molecule has 1 saturated heterocycles. The third kappa shape index (κ3) is 4.77. The molecule has 2 N–H and O–H groups in total. The van der Waals surface area contributed by atoms with Crippen LogP contribution in [0.15, 0.2) is 24.3 Å². The molecule has 1 heterocycles. The van der Waals surface area contributed by atoms with E-state index >= 15 is 0 Å². The normalized spacial score (nSPS) is 18.6. The summed E-state index contributed by atoms with van der Waals surface area (Å²) in [6, 6.07) is 6.34. The first kappa shape index (κ1) is 17.4. The van der Waals surface area contributed by atoms with E-state index in [4.69, 9.17) is 0 Å². The molecule has 0 saturated carbocycles. The molecule has 1 atom stereocenters. The van der Waals surface area contributed by atoms with Gasteiger partial charge in [-0.25, -0.2) is 8.42 Å². The standard InChI is InChI=1S/C15H21N3O4S/c1-11(19)17-13-7-5-12(6-8-13)15(20)16-10-14-4-3-9-18(14)23(2,21)22/h5-8,14H,3-4,9-10H2,1-2H3,(H,16,20)(H,17,19). The van der Waals surface area contributed by atoms with Gasteiger partial charge in [0.2, 0.25) is 15.9 Å². The molecule has 8 heteroatoms. The van der Waals surface area contributed by atoms with Crippen LogP contribution in [0.1, 0.15) is 30.1 Å². The van der Waals surface area contributed by atoms with E-state index in [0.717, 1.165) is 12.8 Å². The summed E-state index contributed by atoms with van der Waals surface area (Å²) in [6.07, 6.45) is 2.74. The van der Waals surface area contributed by atoms with Gasteiger partial charge in [-0.2, -0.15) is 4.31 Å². The van der Waals surface area contributed by atoms with Gasteiger partial charge in [-0.05, 0) is 37.1 Å². The summed E-state index contributed by atoms with van der Waals surface area (Å²) in [4.78, 5) is 23.1. The van der Waals surface area contributed by atoms with Crippen molar-refractivity contribution in [2.24, 2.45) is 0 Å². The van der Waals surface area contributed by atoms with Gasteiger partial charge in [0.05, 0.1) is 6.26 Å². The molecular weight excluding hydrogens is 318 g/mol. The SMILES string of the molecule is CC(=O)Nc1ccc(C(=O)NCC2CCCN2S(C)(=O)=O)cc1. The number of carbonyl (C=O) groups excluding carboxylic acids is 2. The molecule has 0 aliphatic carbocycles. The summed E-state index contributed by atoms with van der Waals surface area (Å²) in [5.74, 6) is -0.441. The zero-order chi connectivity index (χ0) is 17.0. The van der Waals surface area contributed by atoms with Crippen LogP contribution in [-0.4, -0.2) is 49.9 Å². The fourth-order valence-electron chi connectivity index (χ4n) is 2.67. The number of hydrogen-bond donors (Lipinski definition) is 2. The minimum Gasteiger partial charge on any atom is -0.350 e. The Kier molecular flexibility index (Phi) is 5.38. The summed E-state index contributed by atoms with van der Waals surface area (Å²) in [6.45, 7) is 2.21. The maximum atomic E-state index is 12.1. The first-order chi connectivity index (χ1) is 10.8. The third-order valence-corrected chi connectivity index (χ3v) is 5.05. The summed E-state index contributed by atoms with van der Waals surface area (Å²) in [5.41, 5.74) is 1.08. The van der Waals surface area contributed by atoms with E-state index in [9.17, 15) is 18.0 Å². The van der Waals surface area contributed by atoms with E-state index in [-0.39, 0.29) is 17.9 Å². The molecule has 1 aliphatic heterocycles. The van der Waals surface area contributed by atoms with Crippen molar-refractivity contribution in [3.8, 4) is 0 Å². The fraction of sp³-hybridized carbons (Fsp3) is 0.467. The van der Waals surface area contributed by atoms with Gasteiger partial charge in [0.25, 0.3) is 5.91 Å². The van der Waals surface area contributed by atoms with Crippen molar-refractivity contribution in [1.29, 1.82) is 0 Å². The lowest BCUT2D eigenvalue weighted by molar-refractivity contribution is -0.114. The molecule has 7 nitrogen and oxygen atoms in total. The maximum absolute atomic E-state index is 12.1. The number of nitrogens with one attached hydrogen (secondary N) is 2. The minimum atomic E-state index is -3.24. The number of carbonyl (C=O) groups is 2. The predicted molar refractivity (Wildman–Crippen MR) is 87.7 cm³/mol. The zero-order valence-corrected chi connectivity index (χ0v) is 14.0. The van der Waals surface area contributed by atoms with Crippen molar-refractivity contribution in [3.63, 3.8) is 0 Å². The number of rotatable bonds is 5. The average Bonchev–Trinajstić information content (AvgIpc) is 2.93. The summed E-state index contributed by atoms with van der Waals surface area (Å²) in [5, 5.41) is 5.40. The Balaban J connectivity index is 1.93. The van der Waals surface area contributed by atoms with E-state index in [2.05, 4.69) is 10.6 Å². The molecule has 126 valence electrons. The van der Waals surface area contributed by atoms with E-state index in [1.807, 2.05) is 0 Å². The van der Waals surface area contributed by atoms with Gasteiger partial charge >= 0.3 is 0 Å². The average molecular weight is 339 g/mol. The van der Waals surface area contributed by atoms with Gasteiger partial charge in [0.1, 0.15) is 0 Å². The Morgan fingerprint density at radius 1 is 1.26 bits per heavy atom. The van der Waals surface area contributed by atoms with Crippen LogP contribution in [0.3, 0.4) is 0 Å². The monoisotopic (exact) mass is 339 g/mol. The number of amides is 2. The number of nitrogens with zero attached hydrogens (tertiary/aromatic N) is 1. The Morgan fingerprint density at radius 3 is 2.48 bits per heavy atom. The van der Waals surface area contributed by atoms with Gasteiger partial charge in [-0.3, -0.25) is 9.59 Å². The number of benzene rings is 1. The Labute approximate surface area is 136 Å². The Bertz CT molecular complexity index is 685. The van der Waals surface area contributed by atoms with E-state index in [1.165, 1.54) is 17.5 Å². The molecule has 1 aliphatic rings. The van der Waals surface area contributed by atoms with E-state index in [0.29, 0.717) is 24.3 Å².